The van der Waals surface area contributed by atoms with Crippen molar-refractivity contribution in [1.29, 1.82) is 4.78 Å². The van der Waals surface area contributed by atoms with Crippen molar-refractivity contribution in [2.24, 2.45) is 11.8 Å². The van der Waals surface area contributed by atoms with E-state index < -0.39 is 45.3 Å². The summed E-state index contributed by atoms with van der Waals surface area (Å²) in [5.74, 6) is -6.06. The van der Waals surface area contributed by atoms with Crippen molar-refractivity contribution in [2.45, 2.75) is 50.4 Å². The van der Waals surface area contributed by atoms with Crippen LogP contribution >= 0.6 is 0 Å². The highest BCUT2D eigenvalue weighted by Gasteiger charge is 2.48. The van der Waals surface area contributed by atoms with Crippen molar-refractivity contribution in [3.05, 3.63) is 35.3 Å². The van der Waals surface area contributed by atoms with Gasteiger partial charge in [-0.2, -0.15) is 27.1 Å². The maximum atomic E-state index is 14.0. The first-order chi connectivity index (χ1) is 14.6. The number of aromatic nitrogens is 3. The predicted octanol–water partition coefficient (Wildman–Crippen LogP) is 4.57. The first-order valence-electron chi connectivity index (χ1n) is 9.61. The van der Waals surface area contributed by atoms with Gasteiger partial charge in [0.1, 0.15) is 16.4 Å². The number of nitrogens with one attached hydrogen (secondary N) is 2. The molecule has 1 fully saturated rings. The number of anilines is 1. The fraction of sp³-hybridized carbons (Fsp3) is 0.526. The molecular formula is C19H22F5N5O2S. The molecule has 1 aliphatic carbocycles. The van der Waals surface area contributed by atoms with Crippen molar-refractivity contribution in [3.63, 3.8) is 0 Å². The van der Waals surface area contributed by atoms with E-state index in [-0.39, 0.29) is 41.4 Å². The smallest absolute Gasteiger partial charge is 0.321 e. The van der Waals surface area contributed by atoms with Crippen LogP contribution in [-0.2, 0) is 22.2 Å². The highest BCUT2D eigenvalue weighted by atomic mass is 32.2. The van der Waals surface area contributed by atoms with Gasteiger partial charge in [-0.15, -0.1) is 0 Å². The van der Waals surface area contributed by atoms with Crippen molar-refractivity contribution in [1.82, 2.24) is 14.8 Å². The number of halogens is 5. The van der Waals surface area contributed by atoms with Crippen LogP contribution in [0.2, 0.25) is 0 Å². The molecule has 1 amide bonds. The van der Waals surface area contributed by atoms with E-state index in [4.69, 9.17) is 4.78 Å². The Labute approximate surface area is 181 Å². The van der Waals surface area contributed by atoms with Gasteiger partial charge in [0.2, 0.25) is 0 Å². The molecule has 0 saturated heterocycles. The molecule has 2 aromatic heterocycles. The Bertz CT molecular complexity index is 1130. The van der Waals surface area contributed by atoms with Crippen LogP contribution < -0.4 is 5.32 Å². The first kappa shape index (κ1) is 24.1. The monoisotopic (exact) mass is 479 g/mol. The third-order valence-electron chi connectivity index (χ3n) is 5.34. The number of hydrogen-bond donors (Lipinski definition) is 2. The molecule has 176 valence electrons. The zero-order chi connectivity index (χ0) is 24.1. The van der Waals surface area contributed by atoms with Crippen molar-refractivity contribution >= 4 is 21.3 Å². The van der Waals surface area contributed by atoms with Crippen LogP contribution in [0.4, 0.5) is 27.6 Å². The quantitative estimate of drug-likeness (QED) is 0.593. The SMILES string of the molecule is Cc1c(C(C)(F)F)nn(CC2CC(C(F)(F)F)C2)c1C(=O)Nc1ccnc(S(C)(=N)=O)c1. The summed E-state index contributed by atoms with van der Waals surface area (Å²) in [6, 6.07) is 2.61. The molecule has 0 bridgehead atoms. The number of amides is 1. The van der Waals surface area contributed by atoms with E-state index >= 15 is 0 Å². The van der Waals surface area contributed by atoms with Gasteiger partial charge in [0, 0.05) is 37.2 Å². The Kier molecular flexibility index (Phi) is 6.09. The second-order valence-electron chi connectivity index (χ2n) is 8.15. The first-order valence-corrected chi connectivity index (χ1v) is 11.6. The number of hydrogen-bond acceptors (Lipinski definition) is 5. The molecule has 1 saturated carbocycles. The summed E-state index contributed by atoms with van der Waals surface area (Å²) in [4.78, 5) is 16.8. The topological polar surface area (TPSA) is 101 Å². The number of carbonyl (C=O) groups is 1. The Morgan fingerprint density at radius 3 is 2.47 bits per heavy atom. The molecular weight excluding hydrogens is 457 g/mol. The van der Waals surface area contributed by atoms with Gasteiger partial charge < -0.3 is 5.32 Å². The molecule has 7 nitrogen and oxygen atoms in total. The van der Waals surface area contributed by atoms with Crippen LogP contribution in [-0.4, -0.2) is 37.3 Å². The van der Waals surface area contributed by atoms with Crippen LogP contribution in [0.5, 0.6) is 0 Å². The van der Waals surface area contributed by atoms with Gasteiger partial charge in [-0.1, -0.05) is 0 Å². The summed E-state index contributed by atoms with van der Waals surface area (Å²) in [5, 5.41) is 6.26. The summed E-state index contributed by atoms with van der Waals surface area (Å²) < 4.78 is 86.9. The maximum absolute atomic E-state index is 14.0. The maximum Gasteiger partial charge on any atom is 0.391 e. The van der Waals surface area contributed by atoms with Gasteiger partial charge in [-0.25, -0.2) is 14.0 Å². The molecule has 2 heterocycles. The van der Waals surface area contributed by atoms with Gasteiger partial charge in [0.25, 0.3) is 11.8 Å². The molecule has 1 aliphatic rings. The largest absolute Gasteiger partial charge is 0.391 e. The molecule has 13 heteroatoms. The summed E-state index contributed by atoms with van der Waals surface area (Å²) in [6.45, 7) is 1.81. The average Bonchev–Trinajstić information content (AvgIpc) is 2.92. The van der Waals surface area contributed by atoms with Crippen molar-refractivity contribution < 1.29 is 31.0 Å². The van der Waals surface area contributed by atoms with Gasteiger partial charge in [0.05, 0.1) is 15.6 Å². The zero-order valence-corrected chi connectivity index (χ0v) is 18.3. The molecule has 0 radical (unpaired) electrons. The lowest BCUT2D eigenvalue weighted by molar-refractivity contribution is -0.205. The van der Waals surface area contributed by atoms with E-state index in [2.05, 4.69) is 15.4 Å². The van der Waals surface area contributed by atoms with Crippen LogP contribution in [0.1, 0.15) is 41.5 Å². The van der Waals surface area contributed by atoms with Gasteiger partial charge in [0.15, 0.2) is 0 Å². The highest BCUT2D eigenvalue weighted by molar-refractivity contribution is 7.91. The molecule has 1 atom stereocenters. The fourth-order valence-electron chi connectivity index (χ4n) is 3.68. The Balaban J connectivity index is 1.89. The molecule has 0 aliphatic heterocycles. The standard InChI is InChI=1S/C19H22F5N5O2S/c1-10-15(17(30)27-13-4-5-26-14(8-13)32(3,25)31)29(28-16(10)18(2,20)21)9-11-6-12(7-11)19(22,23)24/h4-5,8,11-12,25H,6-7,9H2,1-3H3,(H,26,27,30). The summed E-state index contributed by atoms with van der Waals surface area (Å²) in [5.41, 5.74) is -0.777. The third-order valence-corrected chi connectivity index (χ3v) is 6.36. The summed E-state index contributed by atoms with van der Waals surface area (Å²) in [7, 11) is -3.16. The lowest BCUT2D eigenvalue weighted by atomic mass is 9.74. The van der Waals surface area contributed by atoms with Gasteiger partial charge in [-0.05, 0) is 37.8 Å². The van der Waals surface area contributed by atoms with Gasteiger partial charge in [-0.3, -0.25) is 9.48 Å². The van der Waals surface area contributed by atoms with Crippen molar-refractivity contribution in [2.75, 3.05) is 11.6 Å². The lowest BCUT2D eigenvalue weighted by Crippen LogP contribution is -2.38. The van der Waals surface area contributed by atoms with E-state index in [0.717, 1.165) is 10.9 Å². The number of carbonyl (C=O) groups excluding carboxylic acids is 1. The van der Waals surface area contributed by atoms with E-state index in [9.17, 15) is 31.0 Å². The minimum absolute atomic E-state index is 0.0750. The predicted molar refractivity (Wildman–Crippen MR) is 106 cm³/mol. The third kappa shape index (κ3) is 5.08. The Morgan fingerprint density at radius 1 is 1.31 bits per heavy atom. The number of rotatable bonds is 6. The van der Waals surface area contributed by atoms with Crippen LogP contribution in [0.15, 0.2) is 23.4 Å². The van der Waals surface area contributed by atoms with Crippen LogP contribution in [0.3, 0.4) is 0 Å². The minimum atomic E-state index is -4.31. The molecule has 3 rings (SSSR count). The van der Waals surface area contributed by atoms with Crippen molar-refractivity contribution in [3.8, 4) is 0 Å². The zero-order valence-electron chi connectivity index (χ0n) is 17.5. The lowest BCUT2D eigenvalue weighted by Gasteiger charge is -2.36. The number of alkyl halides is 5. The second kappa shape index (κ2) is 8.09. The molecule has 1 unspecified atom stereocenters. The van der Waals surface area contributed by atoms with Crippen LogP contribution in [0.25, 0.3) is 0 Å². The van der Waals surface area contributed by atoms with E-state index in [0.29, 0.717) is 6.92 Å². The fourth-order valence-corrected chi connectivity index (χ4v) is 4.29. The van der Waals surface area contributed by atoms with Gasteiger partial charge >= 0.3 is 6.18 Å². The second-order valence-corrected chi connectivity index (χ2v) is 10.3. The number of pyridine rings is 1. The van der Waals surface area contributed by atoms with E-state index in [1.54, 1.807) is 0 Å². The van der Waals surface area contributed by atoms with Crippen LogP contribution in [0, 0.1) is 23.5 Å². The molecule has 0 aromatic carbocycles. The highest BCUT2D eigenvalue weighted by Crippen LogP contribution is 2.45. The summed E-state index contributed by atoms with van der Waals surface area (Å²) in [6.07, 6.45) is -2.24. The average molecular weight is 479 g/mol. The molecule has 2 aromatic rings. The summed E-state index contributed by atoms with van der Waals surface area (Å²) >= 11 is 0. The Morgan fingerprint density at radius 2 is 1.94 bits per heavy atom. The molecule has 0 spiro atoms. The van der Waals surface area contributed by atoms with E-state index in [1.165, 1.54) is 25.3 Å². The molecule has 32 heavy (non-hydrogen) atoms. The minimum Gasteiger partial charge on any atom is -0.321 e. The molecule has 2 N–H and O–H groups in total. The number of nitrogens with zero attached hydrogens (tertiary/aromatic N) is 3. The Hall–Kier alpha value is -2.57. The normalized spacial score (nSPS) is 21.0. The van der Waals surface area contributed by atoms with E-state index in [1.807, 2.05) is 0 Å².